The molecule has 0 bridgehead atoms. The third kappa shape index (κ3) is 5.38. The Kier molecular flexibility index (Phi) is 7.32. The molecule has 0 saturated heterocycles. The summed E-state index contributed by atoms with van der Waals surface area (Å²) in [6.07, 6.45) is 3.11. The lowest BCUT2D eigenvalue weighted by Gasteiger charge is -2.18. The van der Waals surface area contributed by atoms with Crippen LogP contribution in [-0.4, -0.2) is 37.3 Å². The fraction of sp³-hybridized carbons (Fsp3) is 0.571. The van der Waals surface area contributed by atoms with Crippen molar-refractivity contribution in [3.05, 3.63) is 28.2 Å². The Bertz CT molecular complexity index is 358. The van der Waals surface area contributed by atoms with Gasteiger partial charge < -0.3 is 14.7 Å². The number of nitrogens with zero attached hydrogens (tertiary/aromatic N) is 1. The molecule has 0 unspecified atom stereocenters. The van der Waals surface area contributed by atoms with Gasteiger partial charge in [-0.25, -0.2) is 0 Å². The number of aliphatic hydroxyl groups excluding tert-OH is 1. The van der Waals surface area contributed by atoms with Gasteiger partial charge in [-0.2, -0.15) is 0 Å². The van der Waals surface area contributed by atoms with Crippen molar-refractivity contribution in [2.45, 2.75) is 25.8 Å². The van der Waals surface area contributed by atoms with E-state index < -0.39 is 0 Å². The lowest BCUT2D eigenvalue weighted by atomic mass is 10.2. The van der Waals surface area contributed by atoms with Crippen molar-refractivity contribution in [2.75, 3.05) is 27.3 Å². The Morgan fingerprint density at radius 1 is 1.28 bits per heavy atom. The molecule has 1 N–H and O–H groups in total. The lowest BCUT2D eigenvalue weighted by molar-refractivity contribution is 0.271. The largest absolute Gasteiger partial charge is 0.497 e. The molecule has 1 aromatic rings. The van der Waals surface area contributed by atoms with Crippen molar-refractivity contribution in [1.29, 1.82) is 0 Å². The lowest BCUT2D eigenvalue weighted by Crippen LogP contribution is -2.19. The number of hydrogen-bond acceptors (Lipinski definition) is 3. The third-order valence-electron chi connectivity index (χ3n) is 2.89. The molecule has 0 heterocycles. The van der Waals surface area contributed by atoms with Gasteiger partial charge in [-0.05, 0) is 56.6 Å². The number of ether oxygens (including phenoxy) is 1. The number of hydrogen-bond donors (Lipinski definition) is 1. The summed E-state index contributed by atoms with van der Waals surface area (Å²) in [5.41, 5.74) is 1.24. The number of aliphatic hydroxyl groups is 1. The SMILES string of the molecule is COc1ccc(Br)c(CN(C)CCCCCO)c1. The van der Waals surface area contributed by atoms with E-state index in [9.17, 15) is 0 Å². The molecule has 0 fully saturated rings. The Hall–Kier alpha value is -0.580. The predicted octanol–water partition coefficient (Wildman–Crippen LogP) is 3.05. The van der Waals surface area contributed by atoms with Crippen LogP contribution in [0.3, 0.4) is 0 Å². The second kappa shape index (κ2) is 8.51. The molecule has 0 aliphatic heterocycles. The number of benzene rings is 1. The van der Waals surface area contributed by atoms with E-state index >= 15 is 0 Å². The van der Waals surface area contributed by atoms with Crippen LogP contribution in [0.5, 0.6) is 5.75 Å². The summed E-state index contributed by atoms with van der Waals surface area (Å²) in [6.45, 7) is 2.24. The van der Waals surface area contributed by atoms with Gasteiger partial charge >= 0.3 is 0 Å². The van der Waals surface area contributed by atoms with E-state index in [4.69, 9.17) is 9.84 Å². The van der Waals surface area contributed by atoms with Crippen LogP contribution < -0.4 is 4.74 Å². The first kappa shape index (κ1) is 15.5. The van der Waals surface area contributed by atoms with Gasteiger partial charge in [0.25, 0.3) is 0 Å². The van der Waals surface area contributed by atoms with E-state index in [1.54, 1.807) is 7.11 Å². The molecule has 0 radical (unpaired) electrons. The Labute approximate surface area is 118 Å². The first-order valence-electron chi connectivity index (χ1n) is 6.29. The molecule has 1 rings (SSSR count). The first-order chi connectivity index (χ1) is 8.67. The summed E-state index contributed by atoms with van der Waals surface area (Å²) < 4.78 is 6.35. The fourth-order valence-electron chi connectivity index (χ4n) is 1.84. The molecule has 102 valence electrons. The summed E-state index contributed by atoms with van der Waals surface area (Å²) in [5, 5.41) is 8.73. The van der Waals surface area contributed by atoms with Crippen LogP contribution in [0.2, 0.25) is 0 Å². The fourth-order valence-corrected chi connectivity index (χ4v) is 2.21. The molecule has 1 aromatic carbocycles. The topological polar surface area (TPSA) is 32.7 Å². The van der Waals surface area contributed by atoms with Gasteiger partial charge in [0.1, 0.15) is 5.75 Å². The minimum absolute atomic E-state index is 0.297. The molecule has 0 aliphatic rings. The highest BCUT2D eigenvalue weighted by molar-refractivity contribution is 9.10. The quantitative estimate of drug-likeness (QED) is 0.748. The van der Waals surface area contributed by atoms with Crippen LogP contribution in [0.1, 0.15) is 24.8 Å². The summed E-state index contributed by atoms with van der Waals surface area (Å²) in [4.78, 5) is 2.29. The van der Waals surface area contributed by atoms with E-state index in [-0.39, 0.29) is 0 Å². The van der Waals surface area contributed by atoms with Crippen molar-refractivity contribution in [1.82, 2.24) is 4.90 Å². The van der Waals surface area contributed by atoms with Crippen LogP contribution >= 0.6 is 15.9 Å². The van der Waals surface area contributed by atoms with Crippen molar-refractivity contribution >= 4 is 15.9 Å². The van der Waals surface area contributed by atoms with Gasteiger partial charge in [0.2, 0.25) is 0 Å². The maximum atomic E-state index is 8.73. The monoisotopic (exact) mass is 315 g/mol. The number of unbranched alkanes of at least 4 members (excludes halogenated alkanes) is 2. The standard InChI is InChI=1S/C14H22BrNO2/c1-16(8-4-3-5-9-17)11-12-10-13(18-2)6-7-14(12)15/h6-7,10,17H,3-5,8-9,11H2,1-2H3. The predicted molar refractivity (Wildman–Crippen MR) is 78.0 cm³/mol. The van der Waals surface area contributed by atoms with Gasteiger partial charge in [-0.1, -0.05) is 15.9 Å². The number of rotatable bonds is 8. The van der Waals surface area contributed by atoms with E-state index in [2.05, 4.69) is 33.9 Å². The first-order valence-corrected chi connectivity index (χ1v) is 7.08. The van der Waals surface area contributed by atoms with Crippen LogP contribution in [0, 0.1) is 0 Å². The second-order valence-electron chi connectivity index (χ2n) is 4.48. The molecule has 0 aromatic heterocycles. The van der Waals surface area contributed by atoms with Crippen molar-refractivity contribution in [3.63, 3.8) is 0 Å². The molecule has 0 aliphatic carbocycles. The zero-order valence-corrected chi connectivity index (χ0v) is 12.7. The van der Waals surface area contributed by atoms with Crippen molar-refractivity contribution in [2.24, 2.45) is 0 Å². The highest BCUT2D eigenvalue weighted by Crippen LogP contribution is 2.23. The molecule has 18 heavy (non-hydrogen) atoms. The minimum atomic E-state index is 0.297. The highest BCUT2D eigenvalue weighted by atomic mass is 79.9. The molecule has 0 amide bonds. The van der Waals surface area contributed by atoms with Crippen LogP contribution in [0.4, 0.5) is 0 Å². The van der Waals surface area contributed by atoms with Gasteiger partial charge in [-0.15, -0.1) is 0 Å². The highest BCUT2D eigenvalue weighted by Gasteiger charge is 2.05. The molecule has 0 spiro atoms. The zero-order valence-electron chi connectivity index (χ0n) is 11.2. The van der Waals surface area contributed by atoms with Crippen LogP contribution in [0.25, 0.3) is 0 Å². The molecule has 0 saturated carbocycles. The van der Waals surface area contributed by atoms with E-state index in [0.717, 1.165) is 42.6 Å². The van der Waals surface area contributed by atoms with Crippen molar-refractivity contribution in [3.8, 4) is 5.75 Å². The Morgan fingerprint density at radius 2 is 2.06 bits per heavy atom. The zero-order chi connectivity index (χ0) is 13.4. The van der Waals surface area contributed by atoms with Gasteiger partial charge in [0, 0.05) is 17.6 Å². The molecular weight excluding hydrogens is 294 g/mol. The average molecular weight is 316 g/mol. The number of methoxy groups -OCH3 is 1. The summed E-state index contributed by atoms with van der Waals surface area (Å²) in [7, 11) is 3.80. The van der Waals surface area contributed by atoms with Crippen molar-refractivity contribution < 1.29 is 9.84 Å². The summed E-state index contributed by atoms with van der Waals surface area (Å²) in [6, 6.07) is 6.04. The van der Waals surface area contributed by atoms with Crippen LogP contribution in [0.15, 0.2) is 22.7 Å². The summed E-state index contributed by atoms with van der Waals surface area (Å²) >= 11 is 3.57. The van der Waals surface area contributed by atoms with E-state index in [1.807, 2.05) is 12.1 Å². The van der Waals surface area contributed by atoms with Crippen LogP contribution in [-0.2, 0) is 6.54 Å². The summed E-state index contributed by atoms with van der Waals surface area (Å²) in [5.74, 6) is 0.891. The Balaban J connectivity index is 2.45. The van der Waals surface area contributed by atoms with Gasteiger partial charge in [0.05, 0.1) is 7.11 Å². The van der Waals surface area contributed by atoms with E-state index in [0.29, 0.717) is 6.61 Å². The van der Waals surface area contributed by atoms with Gasteiger partial charge in [-0.3, -0.25) is 0 Å². The second-order valence-corrected chi connectivity index (χ2v) is 5.33. The Morgan fingerprint density at radius 3 is 2.72 bits per heavy atom. The maximum absolute atomic E-state index is 8.73. The normalized spacial score (nSPS) is 10.9. The average Bonchev–Trinajstić information content (AvgIpc) is 2.37. The van der Waals surface area contributed by atoms with E-state index in [1.165, 1.54) is 5.56 Å². The molecule has 4 heteroatoms. The van der Waals surface area contributed by atoms with Gasteiger partial charge in [0.15, 0.2) is 0 Å². The molecule has 0 atom stereocenters. The third-order valence-corrected chi connectivity index (χ3v) is 3.66. The maximum Gasteiger partial charge on any atom is 0.119 e. The number of halogens is 1. The molecule has 3 nitrogen and oxygen atoms in total. The smallest absolute Gasteiger partial charge is 0.119 e. The molecular formula is C14H22BrNO2. The minimum Gasteiger partial charge on any atom is -0.497 e.